The number of anilines is 1. The van der Waals surface area contributed by atoms with Crippen molar-refractivity contribution < 1.29 is 9.53 Å². The molecule has 2 atom stereocenters. The Balaban J connectivity index is 1.38. The minimum absolute atomic E-state index is 0.00675. The number of amides is 2. The van der Waals surface area contributed by atoms with Crippen molar-refractivity contribution >= 4 is 11.7 Å². The van der Waals surface area contributed by atoms with Crippen LogP contribution in [-0.2, 0) is 5.41 Å². The van der Waals surface area contributed by atoms with Crippen LogP contribution in [0.15, 0.2) is 48.7 Å². The molecule has 2 aromatic rings. The fourth-order valence-corrected chi connectivity index (χ4v) is 4.38. The van der Waals surface area contributed by atoms with Crippen molar-refractivity contribution in [1.29, 1.82) is 0 Å². The van der Waals surface area contributed by atoms with Crippen LogP contribution in [-0.4, -0.2) is 34.1 Å². The van der Waals surface area contributed by atoms with Gasteiger partial charge in [0.05, 0.1) is 0 Å². The number of nitrogens with zero attached hydrogens (tertiary/aromatic N) is 2. The summed E-state index contributed by atoms with van der Waals surface area (Å²) in [4.78, 5) is 19.2. The topological polar surface area (TPSA) is 54.5 Å². The molecule has 0 spiro atoms. The molecule has 2 aliphatic heterocycles. The number of carbonyl (C=O) groups is 1. The zero-order chi connectivity index (χ0) is 19.7. The van der Waals surface area contributed by atoms with Crippen molar-refractivity contribution in [3.8, 4) is 5.88 Å². The van der Waals surface area contributed by atoms with E-state index >= 15 is 0 Å². The average molecular weight is 380 g/mol. The lowest BCUT2D eigenvalue weighted by molar-refractivity contribution is 0.0704. The first-order chi connectivity index (χ1) is 13.4. The number of hydrogen-bond acceptors (Lipinski definition) is 3. The van der Waals surface area contributed by atoms with E-state index in [9.17, 15) is 4.79 Å². The molecule has 148 valence electrons. The predicted molar refractivity (Wildman–Crippen MR) is 111 cm³/mol. The molecule has 0 saturated carbocycles. The molecule has 2 saturated heterocycles. The first kappa shape index (κ1) is 18.8. The lowest BCUT2D eigenvalue weighted by Crippen LogP contribution is -2.50. The molecular formula is C23H29N3O2. The van der Waals surface area contributed by atoms with E-state index in [-0.39, 0.29) is 29.6 Å². The zero-order valence-electron chi connectivity index (χ0n) is 16.9. The van der Waals surface area contributed by atoms with Crippen LogP contribution in [0.2, 0.25) is 0 Å². The minimum Gasteiger partial charge on any atom is -0.474 e. The van der Waals surface area contributed by atoms with Gasteiger partial charge in [-0.15, -0.1) is 0 Å². The molecule has 28 heavy (non-hydrogen) atoms. The summed E-state index contributed by atoms with van der Waals surface area (Å²) in [6.45, 7) is 6.57. The summed E-state index contributed by atoms with van der Waals surface area (Å²) in [6, 6.07) is 14.4. The summed E-state index contributed by atoms with van der Waals surface area (Å²) in [6.07, 6.45) is 5.69. The summed E-state index contributed by atoms with van der Waals surface area (Å²) >= 11 is 0. The number of pyridine rings is 1. The van der Waals surface area contributed by atoms with Crippen LogP contribution in [0.4, 0.5) is 10.5 Å². The van der Waals surface area contributed by atoms with E-state index in [0.29, 0.717) is 5.88 Å². The molecule has 1 aromatic heterocycles. The fraction of sp³-hybridized carbons (Fsp3) is 0.478. The van der Waals surface area contributed by atoms with E-state index in [1.807, 2.05) is 35.2 Å². The van der Waals surface area contributed by atoms with E-state index in [0.717, 1.165) is 31.4 Å². The fourth-order valence-electron chi connectivity index (χ4n) is 4.38. The molecule has 1 N–H and O–H groups in total. The second-order valence-electron chi connectivity index (χ2n) is 8.93. The molecule has 2 unspecified atom stereocenters. The number of nitrogens with one attached hydrogen (secondary N) is 1. The molecule has 5 nitrogen and oxygen atoms in total. The quantitative estimate of drug-likeness (QED) is 0.818. The van der Waals surface area contributed by atoms with Gasteiger partial charge in [0.25, 0.3) is 0 Å². The van der Waals surface area contributed by atoms with E-state index < -0.39 is 0 Å². The molecule has 3 heterocycles. The maximum atomic E-state index is 12.9. The van der Waals surface area contributed by atoms with Gasteiger partial charge in [-0.2, -0.15) is 0 Å². The Labute approximate surface area is 167 Å². The van der Waals surface area contributed by atoms with Gasteiger partial charge in [-0.1, -0.05) is 39.0 Å². The van der Waals surface area contributed by atoms with Gasteiger partial charge in [-0.25, -0.2) is 9.78 Å². The summed E-state index contributed by atoms with van der Waals surface area (Å²) in [5, 5.41) is 3.09. The van der Waals surface area contributed by atoms with Gasteiger partial charge in [0.2, 0.25) is 5.88 Å². The maximum absolute atomic E-state index is 12.9. The van der Waals surface area contributed by atoms with Crippen molar-refractivity contribution in [2.75, 3.05) is 5.32 Å². The first-order valence-electron chi connectivity index (χ1n) is 10.2. The normalized spacial score (nSPS) is 24.1. The maximum Gasteiger partial charge on any atom is 0.322 e. The molecule has 0 aliphatic carbocycles. The third-order valence-electron chi connectivity index (χ3n) is 5.85. The average Bonchev–Trinajstić information content (AvgIpc) is 2.93. The van der Waals surface area contributed by atoms with Crippen molar-refractivity contribution in [1.82, 2.24) is 9.88 Å². The molecule has 2 amide bonds. The Morgan fingerprint density at radius 3 is 2.32 bits per heavy atom. The Hall–Kier alpha value is -2.56. The molecule has 2 aliphatic rings. The van der Waals surface area contributed by atoms with Crippen LogP contribution in [0.5, 0.6) is 5.88 Å². The van der Waals surface area contributed by atoms with Crippen molar-refractivity contribution in [3.05, 3.63) is 54.2 Å². The summed E-state index contributed by atoms with van der Waals surface area (Å²) in [5.74, 6) is 0.670. The van der Waals surface area contributed by atoms with Gasteiger partial charge in [0.1, 0.15) is 6.10 Å². The second-order valence-corrected chi connectivity index (χ2v) is 8.93. The summed E-state index contributed by atoms with van der Waals surface area (Å²) in [7, 11) is 0. The number of urea groups is 1. The van der Waals surface area contributed by atoms with Crippen LogP contribution in [0.1, 0.15) is 52.0 Å². The van der Waals surface area contributed by atoms with Gasteiger partial charge in [0, 0.05) is 42.9 Å². The van der Waals surface area contributed by atoms with Crippen LogP contribution >= 0.6 is 0 Å². The second kappa shape index (κ2) is 7.46. The highest BCUT2D eigenvalue weighted by Gasteiger charge is 2.44. The number of fused-ring (bicyclic) bond motifs is 2. The largest absolute Gasteiger partial charge is 0.474 e. The van der Waals surface area contributed by atoms with E-state index in [2.05, 4.69) is 43.2 Å². The molecule has 2 bridgehead atoms. The van der Waals surface area contributed by atoms with Crippen molar-refractivity contribution in [3.63, 3.8) is 0 Å². The Morgan fingerprint density at radius 1 is 1.07 bits per heavy atom. The van der Waals surface area contributed by atoms with E-state index in [1.54, 1.807) is 6.20 Å². The molecule has 5 heteroatoms. The van der Waals surface area contributed by atoms with Gasteiger partial charge in [-0.05, 0) is 42.0 Å². The third-order valence-corrected chi connectivity index (χ3v) is 5.85. The lowest BCUT2D eigenvalue weighted by atomic mass is 9.87. The number of piperidine rings is 1. The van der Waals surface area contributed by atoms with Crippen LogP contribution < -0.4 is 10.1 Å². The third kappa shape index (κ3) is 3.98. The smallest absolute Gasteiger partial charge is 0.322 e. The minimum atomic E-state index is 0.00675. The Kier molecular flexibility index (Phi) is 5.00. The Bertz CT molecular complexity index is 800. The summed E-state index contributed by atoms with van der Waals surface area (Å²) in [5.41, 5.74) is 2.22. The monoisotopic (exact) mass is 379 g/mol. The van der Waals surface area contributed by atoms with E-state index in [4.69, 9.17) is 4.74 Å². The van der Waals surface area contributed by atoms with Crippen molar-refractivity contribution in [2.24, 2.45) is 0 Å². The Morgan fingerprint density at radius 2 is 1.75 bits per heavy atom. The highest BCUT2D eigenvalue weighted by atomic mass is 16.5. The summed E-state index contributed by atoms with van der Waals surface area (Å²) < 4.78 is 6.06. The standard InChI is InChI=1S/C23H29N3O2/c1-23(2,3)16-7-9-17(10-8-16)25-22(27)26-18-11-12-19(26)15-20(14-18)28-21-6-4-5-13-24-21/h4-10,13,18-20H,11-12,14-15H2,1-3H3,(H,25,27). The molecule has 2 fully saturated rings. The molecular weight excluding hydrogens is 350 g/mol. The van der Waals surface area contributed by atoms with Gasteiger partial charge >= 0.3 is 6.03 Å². The number of benzene rings is 1. The van der Waals surface area contributed by atoms with Crippen LogP contribution in [0.3, 0.4) is 0 Å². The predicted octanol–water partition coefficient (Wildman–Crippen LogP) is 4.99. The number of aromatic nitrogens is 1. The number of ether oxygens (including phenoxy) is 1. The van der Waals surface area contributed by atoms with Gasteiger partial charge < -0.3 is 15.0 Å². The van der Waals surface area contributed by atoms with Crippen LogP contribution in [0.25, 0.3) is 0 Å². The van der Waals surface area contributed by atoms with Gasteiger partial charge in [0.15, 0.2) is 0 Å². The number of hydrogen-bond donors (Lipinski definition) is 1. The SMILES string of the molecule is CC(C)(C)c1ccc(NC(=O)N2C3CCC2CC(Oc2ccccn2)C3)cc1. The molecule has 0 radical (unpaired) electrons. The first-order valence-corrected chi connectivity index (χ1v) is 10.2. The number of carbonyl (C=O) groups excluding carboxylic acids is 1. The lowest BCUT2D eigenvalue weighted by Gasteiger charge is -2.38. The zero-order valence-corrected chi connectivity index (χ0v) is 16.9. The number of rotatable bonds is 3. The van der Waals surface area contributed by atoms with Crippen LogP contribution in [0, 0.1) is 0 Å². The highest BCUT2D eigenvalue weighted by molar-refractivity contribution is 5.90. The highest BCUT2D eigenvalue weighted by Crippen LogP contribution is 2.37. The van der Waals surface area contributed by atoms with Crippen molar-refractivity contribution in [2.45, 2.75) is 70.1 Å². The molecule has 1 aromatic carbocycles. The molecule has 4 rings (SSSR count). The van der Waals surface area contributed by atoms with Gasteiger partial charge in [-0.3, -0.25) is 0 Å². The van der Waals surface area contributed by atoms with E-state index in [1.165, 1.54) is 5.56 Å².